The third kappa shape index (κ3) is 14.1. The number of aromatic hydroxyl groups is 1. The number of anilines is 1. The van der Waals surface area contributed by atoms with Gasteiger partial charge in [0.15, 0.2) is 0 Å². The molecular weight excluding hydrogens is 978 g/mol. The van der Waals surface area contributed by atoms with Crippen LogP contribution in [0.1, 0.15) is 45.3 Å². The number of aryl methyl sites for hydroxylation is 2. The van der Waals surface area contributed by atoms with Gasteiger partial charge in [0, 0.05) is 90.4 Å². The number of phenolic OH excluding ortho intramolecular Hbond substituents is 1. The number of nitrogen functional groups attached to an aromatic ring is 1. The van der Waals surface area contributed by atoms with E-state index in [0.717, 1.165) is 60.9 Å². The first kappa shape index (κ1) is 53.4. The normalized spacial score (nSPS) is 11.3. The Bertz CT molecular complexity index is 3250. The van der Waals surface area contributed by atoms with Gasteiger partial charge in [-0.3, -0.25) is 19.4 Å². The number of nitrogens with zero attached hydrogens (tertiary/aromatic N) is 4. The third-order valence-corrected chi connectivity index (χ3v) is 12.6. The number of H-pyrrole nitrogens is 1. The van der Waals surface area contributed by atoms with Gasteiger partial charge in [0.05, 0.1) is 68.9 Å². The van der Waals surface area contributed by atoms with Gasteiger partial charge in [0.2, 0.25) is 5.91 Å². The molecule has 3 amide bonds. The zero-order chi connectivity index (χ0) is 52.7. The van der Waals surface area contributed by atoms with E-state index >= 15 is 0 Å². The Morgan fingerprint density at radius 2 is 1.40 bits per heavy atom. The molecule has 0 bridgehead atoms. The van der Waals surface area contributed by atoms with Gasteiger partial charge in [-0.2, -0.15) is 4.98 Å². The van der Waals surface area contributed by atoms with Crippen molar-refractivity contribution in [3.63, 3.8) is 0 Å². The van der Waals surface area contributed by atoms with E-state index in [1.165, 1.54) is 0 Å². The molecule has 4 aromatic heterocycles. The highest BCUT2D eigenvalue weighted by Crippen LogP contribution is 2.37. The van der Waals surface area contributed by atoms with E-state index in [1.54, 1.807) is 60.9 Å². The van der Waals surface area contributed by atoms with E-state index < -0.39 is 5.91 Å². The van der Waals surface area contributed by atoms with Gasteiger partial charge in [0.25, 0.3) is 17.8 Å². The summed E-state index contributed by atoms with van der Waals surface area (Å²) in [5, 5.41) is 19.9. The van der Waals surface area contributed by atoms with Crippen molar-refractivity contribution in [2.45, 2.75) is 26.7 Å². The van der Waals surface area contributed by atoms with Gasteiger partial charge in [-0.1, -0.05) is 48.9 Å². The molecule has 18 nitrogen and oxygen atoms in total. The van der Waals surface area contributed by atoms with Crippen molar-refractivity contribution in [3.05, 3.63) is 137 Å². The first-order chi connectivity index (χ1) is 36.4. The van der Waals surface area contributed by atoms with Crippen LogP contribution in [0, 0.1) is 6.92 Å². The lowest BCUT2D eigenvalue weighted by molar-refractivity contribution is -0.121. The molecule has 0 fully saturated rings. The number of pyridine rings is 2. The summed E-state index contributed by atoms with van der Waals surface area (Å²) in [6.45, 7) is 7.46. The predicted molar refractivity (Wildman–Crippen MR) is 288 cm³/mol. The van der Waals surface area contributed by atoms with Crippen molar-refractivity contribution in [1.82, 2.24) is 40.5 Å². The minimum atomic E-state index is -0.395. The number of rotatable bonds is 26. The molecule has 0 saturated carbocycles. The van der Waals surface area contributed by atoms with E-state index in [1.807, 2.05) is 51.4 Å². The van der Waals surface area contributed by atoms with E-state index in [4.69, 9.17) is 41.0 Å². The fourth-order valence-electron chi connectivity index (χ4n) is 8.39. The Morgan fingerprint density at radius 1 is 0.720 bits per heavy atom. The molecule has 0 aliphatic carbocycles. The summed E-state index contributed by atoms with van der Waals surface area (Å²) in [7, 11) is 2.01. The van der Waals surface area contributed by atoms with Crippen LogP contribution in [0.4, 0.5) is 5.82 Å². The molecule has 4 heterocycles. The second-order valence-electron chi connectivity index (χ2n) is 17.5. The van der Waals surface area contributed by atoms with E-state index in [2.05, 4.69) is 58.7 Å². The Kier molecular flexibility index (Phi) is 18.4. The topological polar surface area (TPSA) is 239 Å². The maximum Gasteiger partial charge on any atom is 0.300 e. The number of imidazole rings is 1. The third-order valence-electron chi connectivity index (χ3n) is 12.3. The second-order valence-corrected chi connectivity index (χ2v) is 17.9. The number of halogens is 1. The number of nitrogens with two attached hydrogens (primary N) is 1. The van der Waals surface area contributed by atoms with Crippen molar-refractivity contribution >= 4 is 57.1 Å². The highest BCUT2D eigenvalue weighted by molar-refractivity contribution is 6.34. The van der Waals surface area contributed by atoms with Crippen molar-refractivity contribution in [3.8, 4) is 50.9 Å². The van der Waals surface area contributed by atoms with Gasteiger partial charge in [-0.15, -0.1) is 0 Å². The molecule has 8 aromatic rings. The number of fused-ring (bicyclic) bond motifs is 2. The number of ether oxygens (including phenoxy) is 5. The summed E-state index contributed by atoms with van der Waals surface area (Å²) in [6.07, 6.45) is 6.10. The molecule has 4 aromatic carbocycles. The molecule has 19 heteroatoms. The second kappa shape index (κ2) is 25.9. The van der Waals surface area contributed by atoms with E-state index in [9.17, 15) is 19.5 Å². The molecule has 7 N–H and O–H groups in total. The summed E-state index contributed by atoms with van der Waals surface area (Å²) in [5.41, 5.74) is 16.4. The number of carbonyl (C=O) groups is 3. The summed E-state index contributed by atoms with van der Waals surface area (Å²) in [5.74, 6) is 0.128. The van der Waals surface area contributed by atoms with Crippen LogP contribution in [0.3, 0.4) is 0 Å². The van der Waals surface area contributed by atoms with Gasteiger partial charge >= 0.3 is 0 Å². The lowest BCUT2D eigenvalue weighted by Crippen LogP contribution is -2.32. The predicted octanol–water partition coefficient (Wildman–Crippen LogP) is 8.18. The van der Waals surface area contributed by atoms with Crippen LogP contribution in [0.25, 0.3) is 55.3 Å². The fourth-order valence-corrected chi connectivity index (χ4v) is 8.66. The van der Waals surface area contributed by atoms with Crippen LogP contribution < -0.4 is 26.4 Å². The number of carbonyl (C=O) groups excluding carboxylic acids is 3. The maximum absolute atomic E-state index is 13.1. The smallest absolute Gasteiger partial charge is 0.300 e. The standard InChI is InChI=1S/C56H60ClN9O9/c1-4-42-45(34-63-53(58)52(42)36-6-10-40(67)11-7-36)39-8-13-47(62-33-39)55(70)60-17-15-51(68)59-18-21-71-23-25-73-27-28-74-26-24-72-22-19-61-54(69)43-30-41(12-5-35(43)2)75-56-64-48-31-44(46(57)32-49(48)65-56)37-9-14-50-38(29-37)16-20-66(50)3/h5-14,16,20,29-34,67H,4,15,17-19,21-28H2,1-3H3,(H2,58,63)(H,59,68)(H,60,70)(H,61,69)(H,64,65). The number of aromatic nitrogens is 5. The van der Waals surface area contributed by atoms with Crippen LogP contribution >= 0.6 is 11.6 Å². The average Bonchev–Trinajstić information content (AvgIpc) is 3.99. The maximum atomic E-state index is 13.1. The molecule has 8 rings (SSSR count). The number of phenols is 1. The monoisotopic (exact) mass is 1040 g/mol. The molecule has 0 atom stereocenters. The Labute approximate surface area is 438 Å². The van der Waals surface area contributed by atoms with Gasteiger partial charge in [-0.05, 0) is 96.3 Å². The van der Waals surface area contributed by atoms with Gasteiger partial charge < -0.3 is 60.0 Å². The molecule has 0 aliphatic rings. The van der Waals surface area contributed by atoms with Crippen LogP contribution in [-0.4, -0.2) is 120 Å². The Hall–Kier alpha value is -7.87. The molecule has 75 heavy (non-hydrogen) atoms. The van der Waals surface area contributed by atoms with E-state index in [-0.39, 0.29) is 42.2 Å². The fraction of sp³-hybridized carbons (Fsp3) is 0.286. The summed E-state index contributed by atoms with van der Waals surface area (Å²) in [6, 6.07) is 27.9. The zero-order valence-electron chi connectivity index (χ0n) is 42.0. The Morgan fingerprint density at radius 3 is 2.11 bits per heavy atom. The number of nitrogens with one attached hydrogen (secondary N) is 4. The molecular formula is C56H60ClN9O9. The quantitative estimate of drug-likeness (QED) is 0.0281. The lowest BCUT2D eigenvalue weighted by atomic mass is 9.92. The first-order valence-electron chi connectivity index (χ1n) is 24.7. The highest BCUT2D eigenvalue weighted by atomic mass is 35.5. The van der Waals surface area contributed by atoms with Crippen molar-refractivity contribution < 1.29 is 43.2 Å². The van der Waals surface area contributed by atoms with Crippen LogP contribution in [0.15, 0.2) is 110 Å². The van der Waals surface area contributed by atoms with Crippen LogP contribution in [0.2, 0.25) is 5.02 Å². The van der Waals surface area contributed by atoms with Crippen molar-refractivity contribution in [2.75, 3.05) is 78.2 Å². The Balaban J connectivity index is 0.631. The largest absolute Gasteiger partial charge is 0.508 e. The number of aromatic amines is 1. The molecule has 0 unspecified atom stereocenters. The zero-order valence-corrected chi connectivity index (χ0v) is 42.8. The summed E-state index contributed by atoms with van der Waals surface area (Å²) in [4.78, 5) is 54.8. The van der Waals surface area contributed by atoms with Crippen LogP contribution in [0.5, 0.6) is 17.5 Å². The SMILES string of the molecule is CCc1c(-c2ccc(C(=O)NCCC(=O)NCCOCCOCCOCCOCCNC(=O)c3cc(Oc4nc5cc(-c6ccc7c(ccn7C)c6)c(Cl)cc5[nH]4)ccc3C)nc2)cnc(N)c1-c1ccc(O)cc1. The molecule has 0 saturated heterocycles. The van der Waals surface area contributed by atoms with Gasteiger partial charge in [0.1, 0.15) is 23.0 Å². The first-order valence-corrected chi connectivity index (χ1v) is 25.0. The minimum Gasteiger partial charge on any atom is -0.508 e. The number of benzene rings is 4. The molecule has 0 spiro atoms. The number of amides is 3. The summed E-state index contributed by atoms with van der Waals surface area (Å²) >= 11 is 6.73. The van der Waals surface area contributed by atoms with Crippen molar-refractivity contribution in [1.29, 1.82) is 0 Å². The lowest BCUT2D eigenvalue weighted by Gasteiger charge is -2.16. The number of hydrogen-bond donors (Lipinski definition) is 6. The highest BCUT2D eigenvalue weighted by Gasteiger charge is 2.18. The molecule has 0 radical (unpaired) electrons. The minimum absolute atomic E-state index is 0.0939. The molecule has 0 aliphatic heterocycles. The van der Waals surface area contributed by atoms with E-state index in [0.29, 0.717) is 100 Å². The van der Waals surface area contributed by atoms with Crippen LogP contribution in [-0.2, 0) is 37.2 Å². The van der Waals surface area contributed by atoms with Crippen molar-refractivity contribution in [2.24, 2.45) is 7.05 Å². The summed E-state index contributed by atoms with van der Waals surface area (Å²) < 4.78 is 30.4. The number of hydrogen-bond acceptors (Lipinski definition) is 13. The molecule has 390 valence electrons. The average molecular weight is 1040 g/mol. The van der Waals surface area contributed by atoms with Gasteiger partial charge in [-0.25, -0.2) is 4.98 Å².